The lowest BCUT2D eigenvalue weighted by Gasteiger charge is -2.12. The van der Waals surface area contributed by atoms with Crippen LogP contribution in [0.15, 0.2) is 71.3 Å². The minimum Gasteiger partial charge on any atom is -0.480 e. The van der Waals surface area contributed by atoms with Crippen LogP contribution in [-0.2, 0) is 17.8 Å². The molecular formula is C21H18N2O4. The third-order valence-corrected chi connectivity index (χ3v) is 4.34. The Kier molecular flexibility index (Phi) is 4.61. The molecular weight excluding hydrogens is 344 g/mol. The number of nitrogens with one attached hydrogen (secondary N) is 2. The second-order valence-electron chi connectivity index (χ2n) is 6.25. The number of para-hydroxylation sites is 1. The molecule has 136 valence electrons. The lowest BCUT2D eigenvalue weighted by molar-refractivity contribution is -0.122. The van der Waals surface area contributed by atoms with Crippen LogP contribution in [0.4, 0.5) is 5.69 Å². The maximum absolute atomic E-state index is 12.5. The van der Waals surface area contributed by atoms with Gasteiger partial charge in [0.2, 0.25) is 0 Å². The quantitative estimate of drug-likeness (QED) is 0.731. The van der Waals surface area contributed by atoms with E-state index in [9.17, 15) is 9.59 Å². The van der Waals surface area contributed by atoms with Gasteiger partial charge in [-0.15, -0.1) is 0 Å². The zero-order valence-corrected chi connectivity index (χ0v) is 14.5. The Balaban J connectivity index is 1.38. The highest BCUT2D eigenvalue weighted by Gasteiger charge is 2.28. The molecule has 0 saturated carbocycles. The number of ether oxygens (including phenoxy) is 1. The first kappa shape index (κ1) is 16.9. The minimum atomic E-state index is -0.571. The fourth-order valence-corrected chi connectivity index (χ4v) is 2.97. The lowest BCUT2D eigenvalue weighted by atomic mass is 10.1. The number of carbonyl (C=O) groups is 2. The van der Waals surface area contributed by atoms with Crippen LogP contribution in [0.5, 0.6) is 5.75 Å². The van der Waals surface area contributed by atoms with Crippen molar-refractivity contribution in [2.24, 2.45) is 0 Å². The molecule has 2 heterocycles. The Labute approximate surface area is 156 Å². The molecule has 27 heavy (non-hydrogen) atoms. The summed E-state index contributed by atoms with van der Waals surface area (Å²) in [7, 11) is 0. The average molecular weight is 362 g/mol. The monoisotopic (exact) mass is 362 g/mol. The maximum Gasteiger partial charge on any atom is 0.265 e. The number of amides is 2. The fourth-order valence-electron chi connectivity index (χ4n) is 2.97. The average Bonchev–Trinajstić information content (AvgIpc) is 3.35. The lowest BCUT2D eigenvalue weighted by Crippen LogP contribution is -2.31. The van der Waals surface area contributed by atoms with Gasteiger partial charge in [-0.05, 0) is 42.0 Å². The summed E-state index contributed by atoms with van der Waals surface area (Å²) in [6.45, 7) is 0.302. The summed E-state index contributed by atoms with van der Waals surface area (Å²) in [5, 5.41) is 5.60. The van der Waals surface area contributed by atoms with Gasteiger partial charge in [-0.25, -0.2) is 0 Å². The van der Waals surface area contributed by atoms with Gasteiger partial charge in [-0.2, -0.15) is 0 Å². The molecule has 1 unspecified atom stereocenters. The van der Waals surface area contributed by atoms with E-state index in [0.29, 0.717) is 30.0 Å². The molecule has 6 heteroatoms. The SMILES string of the molecule is O=C(NCc1ccco1)c1cccc(NC(=O)C2Cc3ccccc3O2)c1. The minimum absolute atomic E-state index is 0.237. The highest BCUT2D eigenvalue weighted by molar-refractivity contribution is 5.98. The van der Waals surface area contributed by atoms with Crippen LogP contribution in [-0.4, -0.2) is 17.9 Å². The Morgan fingerprint density at radius 2 is 1.93 bits per heavy atom. The van der Waals surface area contributed by atoms with E-state index in [1.54, 1.807) is 42.7 Å². The molecule has 0 bridgehead atoms. The number of hydrogen-bond acceptors (Lipinski definition) is 4. The Morgan fingerprint density at radius 3 is 2.74 bits per heavy atom. The number of furan rings is 1. The van der Waals surface area contributed by atoms with Crippen LogP contribution in [0.25, 0.3) is 0 Å². The van der Waals surface area contributed by atoms with Crippen LogP contribution < -0.4 is 15.4 Å². The van der Waals surface area contributed by atoms with Gasteiger partial charge in [0.25, 0.3) is 11.8 Å². The van der Waals surface area contributed by atoms with Crippen LogP contribution in [0, 0.1) is 0 Å². The van der Waals surface area contributed by atoms with Crippen molar-refractivity contribution in [3.05, 3.63) is 83.8 Å². The van der Waals surface area contributed by atoms with Crippen molar-refractivity contribution < 1.29 is 18.7 Å². The van der Waals surface area contributed by atoms with Crippen molar-refractivity contribution in [2.75, 3.05) is 5.32 Å². The number of rotatable bonds is 5. The van der Waals surface area contributed by atoms with E-state index in [-0.39, 0.29) is 11.8 Å². The van der Waals surface area contributed by atoms with E-state index < -0.39 is 6.10 Å². The van der Waals surface area contributed by atoms with E-state index in [1.807, 2.05) is 24.3 Å². The highest BCUT2D eigenvalue weighted by atomic mass is 16.5. The van der Waals surface area contributed by atoms with Crippen molar-refractivity contribution in [1.82, 2.24) is 5.32 Å². The van der Waals surface area contributed by atoms with Crippen LogP contribution in [0.3, 0.4) is 0 Å². The Bertz CT molecular complexity index is 941. The first-order chi connectivity index (χ1) is 13.2. The number of fused-ring (bicyclic) bond motifs is 1. The molecule has 2 amide bonds. The topological polar surface area (TPSA) is 80.6 Å². The second-order valence-corrected chi connectivity index (χ2v) is 6.25. The summed E-state index contributed by atoms with van der Waals surface area (Å²) in [4.78, 5) is 24.8. The molecule has 0 spiro atoms. The molecule has 3 aromatic rings. The van der Waals surface area contributed by atoms with Crippen molar-refractivity contribution >= 4 is 17.5 Å². The molecule has 1 aliphatic heterocycles. The van der Waals surface area contributed by atoms with Gasteiger partial charge in [-0.3, -0.25) is 9.59 Å². The van der Waals surface area contributed by atoms with Gasteiger partial charge in [0.05, 0.1) is 12.8 Å². The van der Waals surface area contributed by atoms with E-state index in [1.165, 1.54) is 0 Å². The van der Waals surface area contributed by atoms with E-state index in [4.69, 9.17) is 9.15 Å². The molecule has 2 N–H and O–H groups in total. The molecule has 0 aliphatic carbocycles. The standard InChI is InChI=1S/C21H18N2O4/c24-20(22-13-17-8-4-10-26-17)15-6-3-7-16(11-15)23-21(25)19-12-14-5-1-2-9-18(14)27-19/h1-11,19H,12-13H2,(H,22,24)(H,23,25). The Morgan fingerprint density at radius 1 is 1.04 bits per heavy atom. The second kappa shape index (κ2) is 7.37. The van der Waals surface area contributed by atoms with Gasteiger partial charge in [0.15, 0.2) is 6.10 Å². The molecule has 1 atom stereocenters. The van der Waals surface area contributed by atoms with Crippen molar-refractivity contribution in [3.63, 3.8) is 0 Å². The fraction of sp³-hybridized carbons (Fsp3) is 0.143. The number of benzene rings is 2. The summed E-state index contributed by atoms with van der Waals surface area (Å²) >= 11 is 0. The van der Waals surface area contributed by atoms with E-state index >= 15 is 0 Å². The van der Waals surface area contributed by atoms with E-state index in [2.05, 4.69) is 10.6 Å². The van der Waals surface area contributed by atoms with Gasteiger partial charge < -0.3 is 19.8 Å². The van der Waals surface area contributed by atoms with E-state index in [0.717, 1.165) is 11.3 Å². The van der Waals surface area contributed by atoms with Crippen LogP contribution in [0.2, 0.25) is 0 Å². The molecule has 4 rings (SSSR count). The summed E-state index contributed by atoms with van der Waals surface area (Å²) in [6.07, 6.45) is 1.52. The van der Waals surface area contributed by atoms with Gasteiger partial charge in [-0.1, -0.05) is 24.3 Å². The molecule has 2 aromatic carbocycles. The predicted octanol–water partition coefficient (Wildman–Crippen LogP) is 3.15. The smallest absolute Gasteiger partial charge is 0.265 e. The molecule has 0 saturated heterocycles. The summed E-state index contributed by atoms with van der Waals surface area (Å²) < 4.78 is 10.9. The number of hydrogen-bond donors (Lipinski definition) is 2. The molecule has 1 aliphatic rings. The van der Waals surface area contributed by atoms with Crippen molar-refractivity contribution in [1.29, 1.82) is 0 Å². The van der Waals surface area contributed by atoms with Crippen molar-refractivity contribution in [2.45, 2.75) is 19.1 Å². The maximum atomic E-state index is 12.5. The zero-order chi connectivity index (χ0) is 18.6. The normalized spacial score (nSPS) is 14.9. The summed E-state index contributed by atoms with van der Waals surface area (Å²) in [5.41, 5.74) is 2.02. The summed E-state index contributed by atoms with van der Waals surface area (Å²) in [6, 6.07) is 17.9. The first-order valence-electron chi connectivity index (χ1n) is 8.65. The third-order valence-electron chi connectivity index (χ3n) is 4.34. The molecule has 1 aromatic heterocycles. The molecule has 6 nitrogen and oxygen atoms in total. The summed E-state index contributed by atoms with van der Waals surface area (Å²) in [5.74, 6) is 0.931. The van der Waals surface area contributed by atoms with Gasteiger partial charge in [0.1, 0.15) is 11.5 Å². The predicted molar refractivity (Wildman–Crippen MR) is 99.5 cm³/mol. The van der Waals surface area contributed by atoms with Gasteiger partial charge in [0, 0.05) is 17.7 Å². The van der Waals surface area contributed by atoms with Gasteiger partial charge >= 0.3 is 0 Å². The van der Waals surface area contributed by atoms with Crippen LogP contribution >= 0.6 is 0 Å². The largest absolute Gasteiger partial charge is 0.480 e. The Hall–Kier alpha value is -3.54. The van der Waals surface area contributed by atoms with Crippen molar-refractivity contribution in [3.8, 4) is 5.75 Å². The number of carbonyl (C=O) groups excluding carboxylic acids is 2. The number of anilines is 1. The third kappa shape index (κ3) is 3.84. The highest BCUT2D eigenvalue weighted by Crippen LogP contribution is 2.28. The van der Waals surface area contributed by atoms with Crippen LogP contribution in [0.1, 0.15) is 21.7 Å². The molecule has 0 radical (unpaired) electrons. The zero-order valence-electron chi connectivity index (χ0n) is 14.5. The molecule has 0 fully saturated rings. The first-order valence-corrected chi connectivity index (χ1v) is 8.65.